The van der Waals surface area contributed by atoms with E-state index in [4.69, 9.17) is 0 Å². The molecule has 0 aromatic carbocycles. The Morgan fingerprint density at radius 2 is 2.21 bits per heavy atom. The Labute approximate surface area is 85.3 Å². The molecular weight excluding hydrogens is 174 g/mol. The molecule has 0 saturated carbocycles. The number of hydrogen-bond donors (Lipinski definition) is 2. The topological polar surface area (TPSA) is 40.7 Å². The molecule has 1 aromatic heterocycles. The largest absolute Gasteiger partial charge is 0.309 e. The molecule has 2 N–H and O–H groups in total. The second kappa shape index (κ2) is 3.39. The first-order chi connectivity index (χ1) is 6.57. The van der Waals surface area contributed by atoms with Crippen molar-refractivity contribution in [2.75, 3.05) is 6.54 Å². The Balaban J connectivity index is 2.17. The number of aromatic amines is 1. The fraction of sp³-hybridized carbons (Fsp3) is 0.727. The Kier molecular flexibility index (Phi) is 2.35. The SMILES string of the molecule is CC(C)(C)c1cc(C2CCCN2)[nH]n1. The Hall–Kier alpha value is -0.830. The minimum absolute atomic E-state index is 0.146. The molecule has 0 aliphatic carbocycles. The average Bonchev–Trinajstić information content (AvgIpc) is 2.73. The highest BCUT2D eigenvalue weighted by molar-refractivity contribution is 5.19. The van der Waals surface area contributed by atoms with Crippen LogP contribution in [0.15, 0.2) is 6.07 Å². The van der Waals surface area contributed by atoms with E-state index >= 15 is 0 Å². The molecule has 0 bridgehead atoms. The van der Waals surface area contributed by atoms with Crippen molar-refractivity contribution in [3.05, 3.63) is 17.5 Å². The van der Waals surface area contributed by atoms with Crippen LogP contribution in [0.5, 0.6) is 0 Å². The van der Waals surface area contributed by atoms with Gasteiger partial charge in [0.05, 0.1) is 11.4 Å². The van der Waals surface area contributed by atoms with Crippen LogP contribution in [0, 0.1) is 0 Å². The standard InChI is InChI=1S/C11H19N3/c1-11(2,3)10-7-9(13-14-10)8-5-4-6-12-8/h7-8,12H,4-6H2,1-3H3,(H,13,14). The van der Waals surface area contributed by atoms with E-state index in [9.17, 15) is 0 Å². The lowest BCUT2D eigenvalue weighted by atomic mass is 9.92. The van der Waals surface area contributed by atoms with Gasteiger partial charge in [-0.1, -0.05) is 20.8 Å². The van der Waals surface area contributed by atoms with Gasteiger partial charge in [-0.3, -0.25) is 5.10 Å². The molecule has 1 aliphatic rings. The second-order valence-electron chi connectivity index (χ2n) is 5.11. The molecule has 2 heterocycles. The van der Waals surface area contributed by atoms with Crippen LogP contribution in [0.4, 0.5) is 0 Å². The van der Waals surface area contributed by atoms with Crippen molar-refractivity contribution in [1.82, 2.24) is 15.5 Å². The molecule has 0 spiro atoms. The van der Waals surface area contributed by atoms with Crippen LogP contribution in [0.25, 0.3) is 0 Å². The van der Waals surface area contributed by atoms with Crippen molar-refractivity contribution in [3.63, 3.8) is 0 Å². The summed E-state index contributed by atoms with van der Waals surface area (Å²) in [5.74, 6) is 0. The van der Waals surface area contributed by atoms with Crippen molar-refractivity contribution in [3.8, 4) is 0 Å². The number of nitrogens with one attached hydrogen (secondary N) is 2. The van der Waals surface area contributed by atoms with Crippen molar-refractivity contribution in [1.29, 1.82) is 0 Å². The minimum Gasteiger partial charge on any atom is -0.309 e. The number of nitrogens with zero attached hydrogens (tertiary/aromatic N) is 1. The Bertz CT molecular complexity index is 303. The van der Waals surface area contributed by atoms with Gasteiger partial charge in [-0.05, 0) is 25.5 Å². The lowest BCUT2D eigenvalue weighted by molar-refractivity contribution is 0.566. The molecule has 1 aliphatic heterocycles. The van der Waals surface area contributed by atoms with Gasteiger partial charge >= 0.3 is 0 Å². The normalized spacial score (nSPS) is 22.9. The average molecular weight is 193 g/mol. The number of aromatic nitrogens is 2. The van der Waals surface area contributed by atoms with Crippen LogP contribution in [-0.4, -0.2) is 16.7 Å². The number of rotatable bonds is 1. The van der Waals surface area contributed by atoms with Gasteiger partial charge in [0.15, 0.2) is 0 Å². The van der Waals surface area contributed by atoms with Crippen LogP contribution in [0.3, 0.4) is 0 Å². The number of H-pyrrole nitrogens is 1. The summed E-state index contributed by atoms with van der Waals surface area (Å²) in [6.45, 7) is 7.70. The van der Waals surface area contributed by atoms with Crippen LogP contribution in [-0.2, 0) is 5.41 Å². The lowest BCUT2D eigenvalue weighted by Crippen LogP contribution is -2.13. The van der Waals surface area contributed by atoms with E-state index in [1.807, 2.05) is 0 Å². The summed E-state index contributed by atoms with van der Waals surface area (Å²) < 4.78 is 0. The van der Waals surface area contributed by atoms with Crippen LogP contribution in [0.2, 0.25) is 0 Å². The molecule has 0 amide bonds. The molecule has 1 fully saturated rings. The van der Waals surface area contributed by atoms with Crippen LogP contribution < -0.4 is 5.32 Å². The van der Waals surface area contributed by atoms with Crippen molar-refractivity contribution >= 4 is 0 Å². The van der Waals surface area contributed by atoms with Crippen LogP contribution >= 0.6 is 0 Å². The maximum atomic E-state index is 4.37. The zero-order valence-corrected chi connectivity index (χ0v) is 9.22. The Morgan fingerprint density at radius 3 is 2.71 bits per heavy atom. The summed E-state index contributed by atoms with van der Waals surface area (Å²) in [4.78, 5) is 0. The quantitative estimate of drug-likeness (QED) is 0.717. The Morgan fingerprint density at radius 1 is 1.43 bits per heavy atom. The lowest BCUT2D eigenvalue weighted by Gasteiger charge is -2.13. The fourth-order valence-corrected chi connectivity index (χ4v) is 1.85. The monoisotopic (exact) mass is 193 g/mol. The maximum absolute atomic E-state index is 4.37. The third kappa shape index (κ3) is 1.82. The van der Waals surface area contributed by atoms with E-state index in [0.29, 0.717) is 6.04 Å². The zero-order chi connectivity index (χ0) is 10.2. The molecule has 1 unspecified atom stereocenters. The molecule has 1 aromatic rings. The van der Waals surface area contributed by atoms with Crippen molar-refractivity contribution in [2.45, 2.75) is 45.1 Å². The van der Waals surface area contributed by atoms with Crippen molar-refractivity contribution < 1.29 is 0 Å². The molecule has 14 heavy (non-hydrogen) atoms. The van der Waals surface area contributed by atoms with E-state index in [0.717, 1.165) is 12.2 Å². The van der Waals surface area contributed by atoms with Gasteiger partial charge in [0.25, 0.3) is 0 Å². The molecule has 1 atom stereocenters. The van der Waals surface area contributed by atoms with Gasteiger partial charge in [-0.2, -0.15) is 5.10 Å². The molecule has 1 saturated heterocycles. The van der Waals surface area contributed by atoms with Crippen LogP contribution in [0.1, 0.15) is 51.0 Å². The molecule has 78 valence electrons. The predicted octanol–water partition coefficient (Wildman–Crippen LogP) is 2.13. The third-order valence-electron chi connectivity index (χ3n) is 2.80. The molecule has 2 rings (SSSR count). The van der Waals surface area contributed by atoms with Gasteiger partial charge in [0, 0.05) is 11.5 Å². The third-order valence-corrected chi connectivity index (χ3v) is 2.80. The highest BCUT2D eigenvalue weighted by Gasteiger charge is 2.22. The second-order valence-corrected chi connectivity index (χ2v) is 5.11. The maximum Gasteiger partial charge on any atom is 0.0678 e. The van der Waals surface area contributed by atoms with Crippen molar-refractivity contribution in [2.24, 2.45) is 0 Å². The fourth-order valence-electron chi connectivity index (χ4n) is 1.85. The molecule has 3 nitrogen and oxygen atoms in total. The zero-order valence-electron chi connectivity index (χ0n) is 9.22. The summed E-state index contributed by atoms with van der Waals surface area (Å²) in [5, 5.41) is 11.0. The number of hydrogen-bond acceptors (Lipinski definition) is 2. The molecule has 0 radical (unpaired) electrons. The molecular formula is C11H19N3. The highest BCUT2D eigenvalue weighted by atomic mass is 15.1. The predicted molar refractivity (Wildman–Crippen MR) is 57.3 cm³/mol. The summed E-state index contributed by atoms with van der Waals surface area (Å²) in [5.41, 5.74) is 2.54. The smallest absolute Gasteiger partial charge is 0.0678 e. The van der Waals surface area contributed by atoms with Gasteiger partial charge < -0.3 is 5.32 Å². The summed E-state index contributed by atoms with van der Waals surface area (Å²) in [6.07, 6.45) is 2.50. The first-order valence-electron chi connectivity index (χ1n) is 5.36. The van der Waals surface area contributed by atoms with E-state index in [2.05, 4.69) is 42.4 Å². The highest BCUT2D eigenvalue weighted by Crippen LogP contribution is 2.26. The summed E-state index contributed by atoms with van der Waals surface area (Å²) in [6, 6.07) is 2.70. The molecule has 3 heteroatoms. The summed E-state index contributed by atoms with van der Waals surface area (Å²) in [7, 11) is 0. The van der Waals surface area contributed by atoms with E-state index < -0.39 is 0 Å². The first kappa shape index (κ1) is 9.71. The minimum atomic E-state index is 0.146. The van der Waals surface area contributed by atoms with E-state index in [1.165, 1.54) is 18.5 Å². The van der Waals surface area contributed by atoms with E-state index in [1.54, 1.807) is 0 Å². The summed E-state index contributed by atoms with van der Waals surface area (Å²) >= 11 is 0. The van der Waals surface area contributed by atoms with Gasteiger partial charge in [0.1, 0.15) is 0 Å². The first-order valence-corrected chi connectivity index (χ1v) is 5.36. The van der Waals surface area contributed by atoms with E-state index in [-0.39, 0.29) is 5.41 Å². The van der Waals surface area contributed by atoms with Gasteiger partial charge in [-0.15, -0.1) is 0 Å². The van der Waals surface area contributed by atoms with Gasteiger partial charge in [0.2, 0.25) is 0 Å². The van der Waals surface area contributed by atoms with Gasteiger partial charge in [-0.25, -0.2) is 0 Å².